The van der Waals surface area contributed by atoms with Crippen molar-refractivity contribution in [2.45, 2.75) is 46.8 Å². The summed E-state index contributed by atoms with van der Waals surface area (Å²) in [6, 6.07) is 18.9. The highest BCUT2D eigenvalue weighted by Gasteiger charge is 2.35. The molecule has 1 aliphatic heterocycles. The summed E-state index contributed by atoms with van der Waals surface area (Å²) in [7, 11) is 1.60. The molecular weight excluding hydrogens is 534 g/mol. The molecule has 0 spiro atoms. The van der Waals surface area contributed by atoms with Gasteiger partial charge >= 0.3 is 0 Å². The lowest BCUT2D eigenvalue weighted by atomic mass is 9.94. The van der Waals surface area contributed by atoms with E-state index in [1.165, 1.54) is 11.3 Å². The molecule has 3 aromatic carbocycles. The van der Waals surface area contributed by atoms with Gasteiger partial charge in [0.15, 0.2) is 4.80 Å². The molecule has 0 N–H and O–H groups in total. The van der Waals surface area contributed by atoms with Gasteiger partial charge in [-0.25, -0.2) is 4.99 Å². The van der Waals surface area contributed by atoms with E-state index in [1.54, 1.807) is 16.6 Å². The molecule has 212 valence electrons. The fraction of sp³-hybridized carbons (Fsp3) is 0.303. The Bertz CT molecular complexity index is 1830. The van der Waals surface area contributed by atoms with Crippen LogP contribution in [0.15, 0.2) is 81.7 Å². The van der Waals surface area contributed by atoms with Gasteiger partial charge in [0.25, 0.3) is 11.5 Å². The van der Waals surface area contributed by atoms with Crippen LogP contribution in [0, 0.1) is 0 Å². The Balaban J connectivity index is 1.80. The molecule has 1 aromatic heterocycles. The van der Waals surface area contributed by atoms with Crippen molar-refractivity contribution in [2.24, 2.45) is 4.99 Å². The number of aromatic nitrogens is 1. The minimum atomic E-state index is -0.684. The first-order valence-corrected chi connectivity index (χ1v) is 14.7. The molecule has 0 fully saturated rings. The van der Waals surface area contributed by atoms with Crippen LogP contribution in [0.25, 0.3) is 16.8 Å². The molecule has 1 atom stereocenters. The number of hydrogen-bond acceptors (Lipinski definition) is 6. The number of carbonyl (C=O) groups is 1. The van der Waals surface area contributed by atoms with Gasteiger partial charge in [0.1, 0.15) is 17.5 Å². The van der Waals surface area contributed by atoms with Gasteiger partial charge in [0.2, 0.25) is 0 Å². The zero-order chi connectivity index (χ0) is 29.3. The van der Waals surface area contributed by atoms with Crippen LogP contribution in [0.2, 0.25) is 0 Å². The van der Waals surface area contributed by atoms with E-state index in [0.717, 1.165) is 21.9 Å². The number of rotatable bonds is 8. The molecular formula is C33H35N3O4S. The molecule has 0 bridgehead atoms. The molecule has 7 nitrogen and oxygen atoms in total. The summed E-state index contributed by atoms with van der Waals surface area (Å²) in [5.41, 5.74) is 2.43. The predicted molar refractivity (Wildman–Crippen MR) is 164 cm³/mol. The molecule has 4 aromatic rings. The van der Waals surface area contributed by atoms with Gasteiger partial charge in [-0.15, -0.1) is 0 Å². The molecule has 2 heterocycles. The van der Waals surface area contributed by atoms with E-state index in [-0.39, 0.29) is 17.6 Å². The van der Waals surface area contributed by atoms with Crippen LogP contribution < -0.4 is 24.4 Å². The van der Waals surface area contributed by atoms with Gasteiger partial charge in [0.05, 0.1) is 29.0 Å². The molecule has 0 radical (unpaired) electrons. The third-order valence-corrected chi connectivity index (χ3v) is 8.29. The number of amides is 1. The van der Waals surface area contributed by atoms with Crippen molar-refractivity contribution in [2.75, 3.05) is 20.2 Å². The Morgan fingerprint density at radius 1 is 1.05 bits per heavy atom. The number of methoxy groups -OCH3 is 1. The van der Waals surface area contributed by atoms with Crippen molar-refractivity contribution in [3.05, 3.63) is 103 Å². The monoisotopic (exact) mass is 569 g/mol. The van der Waals surface area contributed by atoms with E-state index in [2.05, 4.69) is 0 Å². The summed E-state index contributed by atoms with van der Waals surface area (Å²) in [6.45, 7) is 10.8. The second-order valence-corrected chi connectivity index (χ2v) is 11.2. The molecule has 0 unspecified atom stereocenters. The quantitative estimate of drug-likeness (QED) is 0.298. The molecule has 41 heavy (non-hydrogen) atoms. The molecule has 1 amide bonds. The zero-order valence-corrected chi connectivity index (χ0v) is 25.1. The molecule has 5 rings (SSSR count). The van der Waals surface area contributed by atoms with Crippen molar-refractivity contribution >= 4 is 34.1 Å². The number of allylic oxidation sites excluding steroid dienone is 1. The molecule has 0 aliphatic carbocycles. The average Bonchev–Trinajstić information content (AvgIpc) is 3.27. The summed E-state index contributed by atoms with van der Waals surface area (Å²) >= 11 is 1.32. The number of hydrogen-bond donors (Lipinski definition) is 0. The van der Waals surface area contributed by atoms with Gasteiger partial charge in [-0.1, -0.05) is 59.9 Å². The van der Waals surface area contributed by atoms with Crippen LogP contribution in [-0.2, 0) is 4.79 Å². The Kier molecular flexibility index (Phi) is 8.13. The second kappa shape index (κ2) is 11.7. The van der Waals surface area contributed by atoms with Gasteiger partial charge < -0.3 is 14.4 Å². The van der Waals surface area contributed by atoms with E-state index in [9.17, 15) is 9.59 Å². The average molecular weight is 570 g/mol. The van der Waals surface area contributed by atoms with Crippen molar-refractivity contribution < 1.29 is 14.3 Å². The zero-order valence-electron chi connectivity index (χ0n) is 24.3. The van der Waals surface area contributed by atoms with Crippen LogP contribution in [0.3, 0.4) is 0 Å². The summed E-state index contributed by atoms with van der Waals surface area (Å²) in [5.74, 6) is 1.18. The highest BCUT2D eigenvalue weighted by molar-refractivity contribution is 7.07. The maximum absolute atomic E-state index is 14.3. The van der Waals surface area contributed by atoms with Crippen molar-refractivity contribution in [3.63, 3.8) is 0 Å². The van der Waals surface area contributed by atoms with Gasteiger partial charge in [-0.3, -0.25) is 14.2 Å². The Morgan fingerprint density at radius 3 is 2.46 bits per heavy atom. The van der Waals surface area contributed by atoms with Crippen LogP contribution in [0.1, 0.15) is 51.8 Å². The third kappa shape index (κ3) is 5.20. The summed E-state index contributed by atoms with van der Waals surface area (Å²) in [4.78, 5) is 35.3. The van der Waals surface area contributed by atoms with Crippen LogP contribution in [0.5, 0.6) is 11.5 Å². The normalized spacial score (nSPS) is 15.2. The lowest BCUT2D eigenvalue weighted by molar-refractivity contribution is -0.127. The number of nitrogens with zero attached hydrogens (tertiary/aromatic N) is 3. The highest BCUT2D eigenvalue weighted by Crippen LogP contribution is 2.36. The topological polar surface area (TPSA) is 73.1 Å². The fourth-order valence-corrected chi connectivity index (χ4v) is 6.40. The van der Waals surface area contributed by atoms with Gasteiger partial charge in [-0.2, -0.15) is 0 Å². The van der Waals surface area contributed by atoms with Crippen LogP contribution in [0.4, 0.5) is 0 Å². The summed E-state index contributed by atoms with van der Waals surface area (Å²) < 4.78 is 14.0. The van der Waals surface area contributed by atoms with Crippen molar-refractivity contribution in [3.8, 4) is 11.5 Å². The number of para-hydroxylation sites is 1. The van der Waals surface area contributed by atoms with E-state index in [4.69, 9.17) is 14.5 Å². The SMILES string of the molecule is CCN(CC)C(=O)C1=C(C)N=c2s/c(=C/c3c(OC(C)C)ccc4ccccc34)c(=O)n2[C@H]1c1ccccc1OC. The lowest BCUT2D eigenvalue weighted by Crippen LogP contribution is -2.43. The maximum atomic E-state index is 14.3. The van der Waals surface area contributed by atoms with Crippen molar-refractivity contribution in [1.29, 1.82) is 0 Å². The number of thiazole rings is 1. The largest absolute Gasteiger partial charge is 0.496 e. The Labute approximate surface area is 243 Å². The number of likely N-dealkylation sites (N-methyl/N-ethyl adjacent to an activating group) is 1. The number of fused-ring (bicyclic) bond motifs is 2. The molecule has 8 heteroatoms. The van der Waals surface area contributed by atoms with Gasteiger partial charge in [-0.05, 0) is 63.6 Å². The highest BCUT2D eigenvalue weighted by atomic mass is 32.1. The molecule has 0 saturated heterocycles. The second-order valence-electron chi connectivity index (χ2n) is 10.2. The Hall–Kier alpha value is -4.17. The first-order valence-electron chi connectivity index (χ1n) is 13.9. The Morgan fingerprint density at radius 2 is 1.76 bits per heavy atom. The first kappa shape index (κ1) is 28.4. The van der Waals surface area contributed by atoms with Crippen LogP contribution in [-0.4, -0.2) is 41.7 Å². The number of carbonyl (C=O) groups excluding carboxylic acids is 1. The third-order valence-electron chi connectivity index (χ3n) is 7.31. The lowest BCUT2D eigenvalue weighted by Gasteiger charge is -2.29. The van der Waals surface area contributed by atoms with Gasteiger partial charge in [0, 0.05) is 24.2 Å². The number of benzene rings is 3. The fourth-order valence-electron chi connectivity index (χ4n) is 5.38. The van der Waals surface area contributed by atoms with E-state index in [1.807, 2.05) is 101 Å². The minimum Gasteiger partial charge on any atom is -0.496 e. The van der Waals surface area contributed by atoms with E-state index >= 15 is 0 Å². The first-order chi connectivity index (χ1) is 19.8. The summed E-state index contributed by atoms with van der Waals surface area (Å²) in [6.07, 6.45) is 1.86. The standard InChI is InChI=1S/C33H35N3O4S/c1-7-35(8-2)32(38)29-21(5)34-33-36(30(29)24-15-11-12-16-26(24)39-6)31(37)28(41-33)19-25-23-14-10-9-13-22(23)17-18-27(25)40-20(3)4/h9-20,30H,7-8H2,1-6H3/b28-19+/t30-/m0/s1. The van der Waals surface area contributed by atoms with E-state index in [0.29, 0.717) is 45.2 Å². The minimum absolute atomic E-state index is 0.0358. The van der Waals surface area contributed by atoms with Crippen molar-refractivity contribution in [1.82, 2.24) is 9.47 Å². The maximum Gasteiger partial charge on any atom is 0.271 e. The number of ether oxygens (including phenoxy) is 2. The summed E-state index contributed by atoms with van der Waals surface area (Å²) in [5, 5.41) is 2.05. The smallest absolute Gasteiger partial charge is 0.271 e. The van der Waals surface area contributed by atoms with E-state index < -0.39 is 6.04 Å². The molecule has 0 saturated carbocycles. The van der Waals surface area contributed by atoms with Crippen LogP contribution >= 0.6 is 11.3 Å². The predicted octanol–water partition coefficient (Wildman–Crippen LogP) is 5.05. The molecule has 1 aliphatic rings.